The summed E-state index contributed by atoms with van der Waals surface area (Å²) in [7, 11) is 0. The van der Waals surface area contributed by atoms with Crippen LogP contribution in [0, 0.1) is 0 Å². The molecule has 0 atom stereocenters. The number of rotatable bonds is 4. The van der Waals surface area contributed by atoms with Gasteiger partial charge in [0.05, 0.1) is 11.4 Å². The second kappa shape index (κ2) is 7.81. The number of halogens is 2. The lowest BCUT2D eigenvalue weighted by molar-refractivity contribution is 0.889. The van der Waals surface area contributed by atoms with Gasteiger partial charge in [-0.2, -0.15) is 9.97 Å². The van der Waals surface area contributed by atoms with Crippen LogP contribution in [-0.4, -0.2) is 26.0 Å². The van der Waals surface area contributed by atoms with Gasteiger partial charge in [0, 0.05) is 27.2 Å². The van der Waals surface area contributed by atoms with Crippen molar-refractivity contribution >= 4 is 46.1 Å². The Hall–Kier alpha value is -2.96. The monoisotopic (exact) mass is 424 g/mol. The topological polar surface area (TPSA) is 89.6 Å². The summed E-state index contributed by atoms with van der Waals surface area (Å²) in [5.74, 6) is 0.684. The molecule has 0 aliphatic rings. The summed E-state index contributed by atoms with van der Waals surface area (Å²) < 4.78 is 0. The first-order chi connectivity index (χ1) is 13.9. The van der Waals surface area contributed by atoms with Gasteiger partial charge in [0.1, 0.15) is 0 Å². The molecule has 0 radical (unpaired) electrons. The number of aromatic nitrogens is 4. The molecule has 2 aromatic carbocycles. The number of nitrogens with zero attached hydrogens (tertiary/aromatic N) is 4. The van der Waals surface area contributed by atoms with Crippen LogP contribution in [0.15, 0.2) is 48.5 Å². The molecule has 2 aromatic heterocycles. The molecule has 0 saturated heterocycles. The third-order valence-electron chi connectivity index (χ3n) is 4.21. The fourth-order valence-electron chi connectivity index (χ4n) is 2.96. The Bertz CT molecular complexity index is 1170. The molecule has 0 bridgehead atoms. The minimum atomic E-state index is 0.135. The van der Waals surface area contributed by atoms with Crippen LogP contribution in [0.1, 0.15) is 13.8 Å². The molecule has 3 N–H and O–H groups in total. The first-order valence-corrected chi connectivity index (χ1v) is 9.80. The number of nitrogen functional groups attached to an aromatic ring is 1. The van der Waals surface area contributed by atoms with E-state index in [1.807, 2.05) is 62.4 Å². The minimum absolute atomic E-state index is 0.135. The molecule has 146 valence electrons. The van der Waals surface area contributed by atoms with Gasteiger partial charge in [-0.1, -0.05) is 47.5 Å². The van der Waals surface area contributed by atoms with E-state index in [4.69, 9.17) is 38.9 Å². The first kappa shape index (κ1) is 19.4. The molecule has 0 fully saturated rings. The van der Waals surface area contributed by atoms with Gasteiger partial charge in [0.25, 0.3) is 0 Å². The van der Waals surface area contributed by atoms with Crippen LogP contribution in [0.5, 0.6) is 0 Å². The van der Waals surface area contributed by atoms with E-state index in [1.54, 1.807) is 0 Å². The lowest BCUT2D eigenvalue weighted by atomic mass is 10.0. The number of nitrogens with one attached hydrogen (secondary N) is 1. The van der Waals surface area contributed by atoms with Crippen molar-refractivity contribution in [3.05, 3.63) is 58.6 Å². The standard InChI is InChI=1S/C21H18Cl2N6/c1-11(2)25-19-18-20(29-21(24)28-19)27-17(13-5-9-15(23)10-6-13)16(26-18)12-3-7-14(22)8-4-12/h3-11H,1-2H3,(H3,24,25,27,28,29). The number of fused-ring (bicyclic) bond motifs is 1. The highest BCUT2D eigenvalue weighted by molar-refractivity contribution is 6.31. The van der Waals surface area contributed by atoms with Crippen LogP contribution in [0.2, 0.25) is 10.0 Å². The highest BCUT2D eigenvalue weighted by atomic mass is 35.5. The highest BCUT2D eigenvalue weighted by Crippen LogP contribution is 2.33. The van der Waals surface area contributed by atoms with Gasteiger partial charge in [-0.15, -0.1) is 0 Å². The Labute approximate surface area is 178 Å². The smallest absolute Gasteiger partial charge is 0.224 e. The summed E-state index contributed by atoms with van der Waals surface area (Å²) in [6, 6.07) is 15.0. The van der Waals surface area contributed by atoms with Crippen LogP contribution in [0.3, 0.4) is 0 Å². The van der Waals surface area contributed by atoms with Crippen molar-refractivity contribution in [1.82, 2.24) is 19.9 Å². The number of benzene rings is 2. The van der Waals surface area contributed by atoms with Crippen molar-refractivity contribution in [2.45, 2.75) is 19.9 Å². The average Bonchev–Trinajstić information content (AvgIpc) is 2.68. The Morgan fingerprint density at radius 3 is 1.79 bits per heavy atom. The largest absolute Gasteiger partial charge is 0.368 e. The Morgan fingerprint density at radius 2 is 1.28 bits per heavy atom. The van der Waals surface area contributed by atoms with Gasteiger partial charge in [0.2, 0.25) is 5.95 Å². The molecule has 8 heteroatoms. The summed E-state index contributed by atoms with van der Waals surface area (Å²) >= 11 is 12.1. The van der Waals surface area contributed by atoms with Crippen molar-refractivity contribution in [3.63, 3.8) is 0 Å². The Morgan fingerprint density at radius 1 is 0.759 bits per heavy atom. The van der Waals surface area contributed by atoms with E-state index in [9.17, 15) is 0 Å². The summed E-state index contributed by atoms with van der Waals surface area (Å²) in [6.45, 7) is 4.03. The SMILES string of the molecule is CC(C)Nc1nc(N)nc2nc(-c3ccc(Cl)cc3)c(-c3ccc(Cl)cc3)nc12. The predicted octanol–water partition coefficient (Wildman–Crippen LogP) is 5.46. The number of nitrogens with two attached hydrogens (primary N) is 1. The van der Waals surface area contributed by atoms with Crippen LogP contribution < -0.4 is 11.1 Å². The molecule has 0 unspecified atom stereocenters. The highest BCUT2D eigenvalue weighted by Gasteiger charge is 2.18. The fourth-order valence-corrected chi connectivity index (χ4v) is 3.21. The van der Waals surface area contributed by atoms with Crippen LogP contribution in [-0.2, 0) is 0 Å². The van der Waals surface area contributed by atoms with E-state index in [2.05, 4.69) is 15.3 Å². The van der Waals surface area contributed by atoms with E-state index < -0.39 is 0 Å². The van der Waals surface area contributed by atoms with E-state index >= 15 is 0 Å². The van der Waals surface area contributed by atoms with Gasteiger partial charge < -0.3 is 11.1 Å². The van der Waals surface area contributed by atoms with E-state index in [0.29, 0.717) is 38.4 Å². The molecule has 2 heterocycles. The fraction of sp³-hybridized carbons (Fsp3) is 0.143. The lowest BCUT2D eigenvalue weighted by Gasteiger charge is -2.14. The van der Waals surface area contributed by atoms with Gasteiger partial charge in [-0.3, -0.25) is 0 Å². The van der Waals surface area contributed by atoms with E-state index in [0.717, 1.165) is 11.1 Å². The average molecular weight is 425 g/mol. The van der Waals surface area contributed by atoms with E-state index in [-0.39, 0.29) is 12.0 Å². The van der Waals surface area contributed by atoms with Crippen molar-refractivity contribution in [3.8, 4) is 22.5 Å². The molecule has 0 amide bonds. The molecule has 0 aliphatic heterocycles. The van der Waals surface area contributed by atoms with Crippen LogP contribution in [0.25, 0.3) is 33.7 Å². The van der Waals surface area contributed by atoms with Crippen molar-refractivity contribution in [2.24, 2.45) is 0 Å². The van der Waals surface area contributed by atoms with Crippen molar-refractivity contribution in [2.75, 3.05) is 11.1 Å². The lowest BCUT2D eigenvalue weighted by Crippen LogP contribution is -2.14. The molecule has 29 heavy (non-hydrogen) atoms. The second-order valence-corrected chi connectivity index (χ2v) is 7.71. The van der Waals surface area contributed by atoms with Crippen LogP contribution >= 0.6 is 23.2 Å². The van der Waals surface area contributed by atoms with Gasteiger partial charge in [-0.05, 0) is 38.1 Å². The molecular formula is C21H18Cl2N6. The van der Waals surface area contributed by atoms with Crippen LogP contribution in [0.4, 0.5) is 11.8 Å². The quantitative estimate of drug-likeness (QED) is 0.451. The summed E-state index contributed by atoms with van der Waals surface area (Å²) in [4.78, 5) is 18.3. The van der Waals surface area contributed by atoms with Gasteiger partial charge in [-0.25, -0.2) is 9.97 Å². The molecule has 4 rings (SSSR count). The Balaban J connectivity index is 2.02. The molecule has 4 aromatic rings. The molecule has 0 saturated carbocycles. The predicted molar refractivity (Wildman–Crippen MR) is 119 cm³/mol. The maximum atomic E-state index is 6.07. The molecule has 0 spiro atoms. The third kappa shape index (κ3) is 4.09. The van der Waals surface area contributed by atoms with Gasteiger partial charge >= 0.3 is 0 Å². The zero-order chi connectivity index (χ0) is 20.5. The molecule has 6 nitrogen and oxygen atoms in total. The number of hydrogen-bond donors (Lipinski definition) is 2. The maximum Gasteiger partial charge on any atom is 0.224 e. The van der Waals surface area contributed by atoms with E-state index in [1.165, 1.54) is 0 Å². The van der Waals surface area contributed by atoms with Gasteiger partial charge in [0.15, 0.2) is 17.0 Å². The summed E-state index contributed by atoms with van der Waals surface area (Å²) in [6.07, 6.45) is 0. The van der Waals surface area contributed by atoms with Crippen molar-refractivity contribution < 1.29 is 0 Å². The summed E-state index contributed by atoms with van der Waals surface area (Å²) in [5, 5.41) is 4.56. The zero-order valence-corrected chi connectivity index (χ0v) is 17.3. The number of anilines is 2. The zero-order valence-electron chi connectivity index (χ0n) is 15.8. The van der Waals surface area contributed by atoms with Crippen molar-refractivity contribution in [1.29, 1.82) is 0 Å². The number of hydrogen-bond acceptors (Lipinski definition) is 6. The normalized spacial score (nSPS) is 11.2. The molecule has 0 aliphatic carbocycles. The maximum absolute atomic E-state index is 6.07. The Kier molecular flexibility index (Phi) is 5.22. The third-order valence-corrected chi connectivity index (χ3v) is 4.71. The second-order valence-electron chi connectivity index (χ2n) is 6.84. The minimum Gasteiger partial charge on any atom is -0.368 e. The molecular weight excluding hydrogens is 407 g/mol. The summed E-state index contributed by atoms with van der Waals surface area (Å²) in [5.41, 5.74) is 9.99. The first-order valence-electron chi connectivity index (χ1n) is 9.04.